The first-order valence-electron chi connectivity index (χ1n) is 9.50. The summed E-state index contributed by atoms with van der Waals surface area (Å²) in [5, 5.41) is 6.17. The van der Waals surface area contributed by atoms with Gasteiger partial charge in [0.15, 0.2) is 5.96 Å². The molecule has 2 N–H and O–H groups in total. The van der Waals surface area contributed by atoms with Gasteiger partial charge in [0.1, 0.15) is 0 Å². The number of carbonyl (C=O) groups excluding carboxylic acids is 1. The third-order valence-corrected chi connectivity index (χ3v) is 5.33. The van der Waals surface area contributed by atoms with E-state index in [2.05, 4.69) is 41.3 Å². The summed E-state index contributed by atoms with van der Waals surface area (Å²) in [6.07, 6.45) is 5.46. The average molecular weight is 338 g/mol. The number of rotatable bonds is 7. The molecule has 24 heavy (non-hydrogen) atoms. The Hall–Kier alpha value is -1.30. The van der Waals surface area contributed by atoms with Gasteiger partial charge in [0.25, 0.3) is 0 Å². The molecule has 0 aromatic rings. The lowest BCUT2D eigenvalue weighted by Crippen LogP contribution is -2.46. The topological polar surface area (TPSA) is 60.0 Å². The van der Waals surface area contributed by atoms with Gasteiger partial charge in [-0.2, -0.15) is 0 Å². The van der Waals surface area contributed by atoms with Gasteiger partial charge in [-0.15, -0.1) is 0 Å². The maximum absolute atomic E-state index is 11.5. The predicted molar refractivity (Wildman–Crippen MR) is 99.2 cm³/mol. The van der Waals surface area contributed by atoms with Gasteiger partial charge in [-0.1, -0.05) is 0 Å². The largest absolute Gasteiger partial charge is 0.359 e. The third kappa shape index (κ3) is 5.65. The van der Waals surface area contributed by atoms with E-state index >= 15 is 0 Å². The maximum atomic E-state index is 11.5. The van der Waals surface area contributed by atoms with Gasteiger partial charge in [0, 0.05) is 45.2 Å². The number of guanidine groups is 1. The zero-order valence-corrected chi connectivity index (χ0v) is 15.8. The van der Waals surface area contributed by atoms with Crippen LogP contribution in [-0.2, 0) is 4.79 Å². The van der Waals surface area contributed by atoms with Crippen LogP contribution in [0.3, 0.4) is 0 Å². The molecule has 0 radical (unpaired) electrons. The quantitative estimate of drug-likeness (QED) is 0.543. The number of aliphatic imine (C=N–C) groups is 1. The smallest absolute Gasteiger partial charge is 0.220 e. The standard InChI is InChI=1S/C18H35N5O/c1-5-20-18(21-13-14(2)22(4)16-6-7-16)23-10-8-15(9-11-23)12-17(24)19-3/h14-16H,5-13H2,1-4H3,(H,19,24)(H,20,21). The molecule has 0 bridgehead atoms. The molecule has 1 aliphatic heterocycles. The van der Waals surface area contributed by atoms with Crippen LogP contribution in [0.1, 0.15) is 46.0 Å². The highest BCUT2D eigenvalue weighted by molar-refractivity contribution is 5.80. The molecule has 0 spiro atoms. The molecular weight excluding hydrogens is 302 g/mol. The van der Waals surface area contributed by atoms with E-state index in [0.29, 0.717) is 18.4 Å². The van der Waals surface area contributed by atoms with Crippen molar-refractivity contribution in [2.24, 2.45) is 10.9 Å². The summed E-state index contributed by atoms with van der Waals surface area (Å²) < 4.78 is 0. The van der Waals surface area contributed by atoms with Crippen LogP contribution in [0.25, 0.3) is 0 Å². The minimum Gasteiger partial charge on any atom is -0.359 e. The van der Waals surface area contributed by atoms with Crippen LogP contribution in [0, 0.1) is 5.92 Å². The van der Waals surface area contributed by atoms with Crippen molar-refractivity contribution in [2.75, 3.05) is 40.3 Å². The lowest BCUT2D eigenvalue weighted by molar-refractivity contribution is -0.121. The Bertz CT molecular complexity index is 427. The number of hydrogen-bond donors (Lipinski definition) is 2. The molecule has 138 valence electrons. The highest BCUT2D eigenvalue weighted by atomic mass is 16.1. The molecule has 0 aromatic heterocycles. The molecule has 2 fully saturated rings. The second-order valence-electron chi connectivity index (χ2n) is 7.25. The van der Waals surface area contributed by atoms with Gasteiger partial charge in [-0.25, -0.2) is 0 Å². The van der Waals surface area contributed by atoms with E-state index in [-0.39, 0.29) is 5.91 Å². The second-order valence-corrected chi connectivity index (χ2v) is 7.25. The Balaban J connectivity index is 1.83. The number of amides is 1. The van der Waals surface area contributed by atoms with E-state index in [1.807, 2.05) is 0 Å². The highest BCUT2D eigenvalue weighted by Gasteiger charge is 2.29. The number of likely N-dealkylation sites (N-methyl/N-ethyl adjacent to an activating group) is 1. The molecule has 1 aliphatic carbocycles. The first-order chi connectivity index (χ1) is 11.5. The fourth-order valence-electron chi connectivity index (χ4n) is 3.33. The molecule has 2 rings (SSSR count). The van der Waals surface area contributed by atoms with E-state index in [4.69, 9.17) is 4.99 Å². The Kier molecular flexibility index (Phi) is 7.34. The molecule has 1 saturated heterocycles. The fraction of sp³-hybridized carbons (Fsp3) is 0.889. The molecule has 1 atom stereocenters. The number of nitrogens with one attached hydrogen (secondary N) is 2. The molecule has 6 heteroatoms. The third-order valence-electron chi connectivity index (χ3n) is 5.33. The Morgan fingerprint density at radius 3 is 2.50 bits per heavy atom. The normalized spacial score (nSPS) is 21.0. The maximum Gasteiger partial charge on any atom is 0.220 e. The number of carbonyl (C=O) groups is 1. The fourth-order valence-corrected chi connectivity index (χ4v) is 3.33. The number of nitrogens with zero attached hydrogens (tertiary/aromatic N) is 3. The van der Waals surface area contributed by atoms with E-state index in [0.717, 1.165) is 51.0 Å². The lowest BCUT2D eigenvalue weighted by atomic mass is 9.93. The van der Waals surface area contributed by atoms with Crippen LogP contribution in [0.5, 0.6) is 0 Å². The van der Waals surface area contributed by atoms with Crippen molar-refractivity contribution in [2.45, 2.75) is 58.0 Å². The van der Waals surface area contributed by atoms with Crippen molar-refractivity contribution in [3.05, 3.63) is 0 Å². The van der Waals surface area contributed by atoms with Gasteiger partial charge >= 0.3 is 0 Å². The van der Waals surface area contributed by atoms with Crippen LogP contribution < -0.4 is 10.6 Å². The van der Waals surface area contributed by atoms with E-state index in [9.17, 15) is 4.79 Å². The molecule has 0 aromatic carbocycles. The minimum absolute atomic E-state index is 0.158. The molecular formula is C18H35N5O. The summed E-state index contributed by atoms with van der Waals surface area (Å²) >= 11 is 0. The van der Waals surface area contributed by atoms with Crippen LogP contribution >= 0.6 is 0 Å². The van der Waals surface area contributed by atoms with Crippen molar-refractivity contribution in [3.63, 3.8) is 0 Å². The second kappa shape index (κ2) is 9.25. The Morgan fingerprint density at radius 1 is 1.29 bits per heavy atom. The lowest BCUT2D eigenvalue weighted by Gasteiger charge is -2.34. The molecule has 2 aliphatic rings. The number of likely N-dealkylation sites (tertiary alicyclic amines) is 1. The summed E-state index contributed by atoms with van der Waals surface area (Å²) in [7, 11) is 3.93. The van der Waals surface area contributed by atoms with Crippen LogP contribution in [-0.4, -0.2) is 74.0 Å². The monoisotopic (exact) mass is 337 g/mol. The van der Waals surface area contributed by atoms with Crippen molar-refractivity contribution in [1.82, 2.24) is 20.4 Å². The van der Waals surface area contributed by atoms with Crippen LogP contribution in [0.15, 0.2) is 4.99 Å². The van der Waals surface area contributed by atoms with E-state index in [1.165, 1.54) is 12.8 Å². The number of hydrogen-bond acceptors (Lipinski definition) is 3. The molecule has 1 unspecified atom stereocenters. The Labute approximate surface area is 147 Å². The van der Waals surface area contributed by atoms with Crippen molar-refractivity contribution in [1.29, 1.82) is 0 Å². The summed E-state index contributed by atoms with van der Waals surface area (Å²) in [6.45, 7) is 8.09. The van der Waals surface area contributed by atoms with Crippen molar-refractivity contribution in [3.8, 4) is 0 Å². The van der Waals surface area contributed by atoms with Gasteiger partial charge in [0.2, 0.25) is 5.91 Å². The minimum atomic E-state index is 0.158. The zero-order chi connectivity index (χ0) is 17.5. The average Bonchev–Trinajstić information content (AvgIpc) is 3.43. The van der Waals surface area contributed by atoms with Crippen molar-refractivity contribution < 1.29 is 4.79 Å². The van der Waals surface area contributed by atoms with Crippen LogP contribution in [0.2, 0.25) is 0 Å². The predicted octanol–water partition coefficient (Wildman–Crippen LogP) is 1.28. The van der Waals surface area contributed by atoms with Gasteiger partial charge in [-0.3, -0.25) is 14.7 Å². The van der Waals surface area contributed by atoms with Gasteiger partial charge < -0.3 is 15.5 Å². The summed E-state index contributed by atoms with van der Waals surface area (Å²) in [4.78, 5) is 21.2. The first kappa shape index (κ1) is 19.0. The number of piperidine rings is 1. The summed E-state index contributed by atoms with van der Waals surface area (Å²) in [6, 6.07) is 1.26. The molecule has 1 amide bonds. The molecule has 1 heterocycles. The van der Waals surface area contributed by atoms with Crippen LogP contribution in [0.4, 0.5) is 0 Å². The zero-order valence-electron chi connectivity index (χ0n) is 15.8. The van der Waals surface area contributed by atoms with Gasteiger partial charge in [-0.05, 0) is 52.5 Å². The summed E-state index contributed by atoms with van der Waals surface area (Å²) in [5.41, 5.74) is 0. The summed E-state index contributed by atoms with van der Waals surface area (Å²) in [5.74, 6) is 1.70. The van der Waals surface area contributed by atoms with E-state index < -0.39 is 0 Å². The van der Waals surface area contributed by atoms with Crippen molar-refractivity contribution >= 4 is 11.9 Å². The molecule has 6 nitrogen and oxygen atoms in total. The SMILES string of the molecule is CCNC(=NCC(C)N(C)C1CC1)N1CCC(CC(=O)NC)CC1. The van der Waals surface area contributed by atoms with Gasteiger partial charge in [0.05, 0.1) is 6.54 Å². The molecule has 1 saturated carbocycles. The Morgan fingerprint density at radius 2 is 1.96 bits per heavy atom. The first-order valence-corrected chi connectivity index (χ1v) is 9.50. The van der Waals surface area contributed by atoms with E-state index in [1.54, 1.807) is 7.05 Å². The highest BCUT2D eigenvalue weighted by Crippen LogP contribution is 2.27.